The second-order valence-electron chi connectivity index (χ2n) is 4.67. The average molecular weight is 295 g/mol. The molecule has 0 rings (SSSR count). The fourth-order valence-corrected chi connectivity index (χ4v) is 2.30. The summed E-state index contributed by atoms with van der Waals surface area (Å²) in [7, 11) is -3.72. The summed E-state index contributed by atoms with van der Waals surface area (Å²) in [5, 5.41) is 0. The molecule has 118 valence electrons. The van der Waals surface area contributed by atoms with Gasteiger partial charge in [0.05, 0.1) is 5.75 Å². The molecule has 0 fully saturated rings. The normalized spacial score (nSPS) is 11.3. The minimum Gasteiger partial charge on any atom is -0.304 e. The molecule has 0 aliphatic rings. The fourth-order valence-electron chi connectivity index (χ4n) is 1.74. The van der Waals surface area contributed by atoms with Crippen LogP contribution in [-0.4, -0.2) is 43.3 Å². The second-order valence-corrected chi connectivity index (χ2v) is 6.25. The van der Waals surface area contributed by atoms with E-state index < -0.39 is 10.1 Å². The molecule has 0 unspecified atom stereocenters. The van der Waals surface area contributed by atoms with Crippen LogP contribution in [0, 0.1) is 0 Å². The predicted octanol–water partition coefficient (Wildman–Crippen LogP) is 3.58. The Labute approximate surface area is 120 Å². The molecule has 0 saturated carbocycles. The Morgan fingerprint density at radius 2 is 1.21 bits per heavy atom. The lowest BCUT2D eigenvalue weighted by atomic mass is 10.1. The van der Waals surface area contributed by atoms with E-state index in [1.54, 1.807) is 0 Å². The molecule has 5 heteroatoms. The summed E-state index contributed by atoms with van der Waals surface area (Å²) >= 11 is 0. The van der Waals surface area contributed by atoms with Gasteiger partial charge in [-0.15, -0.1) is 0 Å². The lowest BCUT2D eigenvalue weighted by Gasteiger charge is -2.13. The van der Waals surface area contributed by atoms with Crippen LogP contribution < -0.4 is 0 Å². The summed E-state index contributed by atoms with van der Waals surface area (Å²) in [6, 6.07) is 0. The van der Waals surface area contributed by atoms with E-state index in [4.69, 9.17) is 4.55 Å². The Morgan fingerprint density at radius 1 is 0.789 bits per heavy atom. The number of rotatable bonds is 10. The first kappa shape index (κ1) is 21.2. The minimum atomic E-state index is -3.72. The van der Waals surface area contributed by atoms with Gasteiger partial charge in [-0.05, 0) is 26.1 Å². The van der Waals surface area contributed by atoms with Crippen LogP contribution in [0.3, 0.4) is 0 Å². The van der Waals surface area contributed by atoms with E-state index in [2.05, 4.69) is 32.6 Å². The largest absolute Gasteiger partial charge is 0.304 e. The van der Waals surface area contributed by atoms with Gasteiger partial charge >= 0.3 is 0 Å². The standard InChI is InChI=1S/C8H18O3S.C6H15N/c1-2-3-4-5-6-7-8-12(9,10)11;1-4-7(5-2)6-3/h2-8H2,1H3,(H,9,10,11);4-6H2,1-3H3. The van der Waals surface area contributed by atoms with Gasteiger partial charge in [0.1, 0.15) is 0 Å². The summed E-state index contributed by atoms with van der Waals surface area (Å²) in [5.41, 5.74) is 0. The highest BCUT2D eigenvalue weighted by Gasteiger charge is 2.02. The van der Waals surface area contributed by atoms with Crippen LogP contribution in [-0.2, 0) is 10.1 Å². The van der Waals surface area contributed by atoms with Crippen molar-refractivity contribution in [2.75, 3.05) is 25.4 Å². The van der Waals surface area contributed by atoms with Gasteiger partial charge in [-0.25, -0.2) is 0 Å². The van der Waals surface area contributed by atoms with E-state index in [0.29, 0.717) is 6.42 Å². The summed E-state index contributed by atoms with van der Waals surface area (Å²) in [6.45, 7) is 12.3. The maximum Gasteiger partial charge on any atom is 0.264 e. The Hall–Kier alpha value is -0.130. The van der Waals surface area contributed by atoms with Crippen molar-refractivity contribution in [3.8, 4) is 0 Å². The van der Waals surface area contributed by atoms with Crippen molar-refractivity contribution >= 4 is 10.1 Å². The van der Waals surface area contributed by atoms with Gasteiger partial charge in [-0.2, -0.15) is 8.42 Å². The van der Waals surface area contributed by atoms with Crippen LogP contribution in [0.5, 0.6) is 0 Å². The molecule has 0 aromatic heterocycles. The van der Waals surface area contributed by atoms with Crippen LogP contribution in [0.2, 0.25) is 0 Å². The van der Waals surface area contributed by atoms with E-state index in [9.17, 15) is 8.42 Å². The molecule has 0 aromatic rings. The van der Waals surface area contributed by atoms with Crippen molar-refractivity contribution < 1.29 is 13.0 Å². The zero-order valence-electron chi connectivity index (χ0n) is 13.2. The van der Waals surface area contributed by atoms with E-state index in [-0.39, 0.29) is 5.75 Å². The summed E-state index contributed by atoms with van der Waals surface area (Å²) < 4.78 is 28.9. The van der Waals surface area contributed by atoms with Gasteiger partial charge < -0.3 is 4.90 Å². The number of nitrogens with zero attached hydrogens (tertiary/aromatic N) is 1. The molecular formula is C14H33NO3S. The number of hydrogen-bond acceptors (Lipinski definition) is 3. The Bertz CT molecular complexity index is 256. The lowest BCUT2D eigenvalue weighted by molar-refractivity contribution is 0.321. The summed E-state index contributed by atoms with van der Waals surface area (Å²) in [6.07, 6.45) is 6.14. The second kappa shape index (κ2) is 14.3. The predicted molar refractivity (Wildman–Crippen MR) is 83.3 cm³/mol. The van der Waals surface area contributed by atoms with Crippen molar-refractivity contribution in [1.82, 2.24) is 4.90 Å². The van der Waals surface area contributed by atoms with E-state index in [0.717, 1.165) is 12.8 Å². The molecule has 0 saturated heterocycles. The molecule has 19 heavy (non-hydrogen) atoms. The van der Waals surface area contributed by atoms with Crippen LogP contribution in [0.15, 0.2) is 0 Å². The van der Waals surface area contributed by atoms with Crippen molar-refractivity contribution in [3.63, 3.8) is 0 Å². The molecule has 0 amide bonds. The molecular weight excluding hydrogens is 262 g/mol. The van der Waals surface area contributed by atoms with Crippen molar-refractivity contribution in [3.05, 3.63) is 0 Å². The highest BCUT2D eigenvalue weighted by atomic mass is 32.2. The van der Waals surface area contributed by atoms with Crippen LogP contribution >= 0.6 is 0 Å². The van der Waals surface area contributed by atoms with Gasteiger partial charge in [0.25, 0.3) is 10.1 Å². The van der Waals surface area contributed by atoms with E-state index in [1.165, 1.54) is 38.9 Å². The maximum absolute atomic E-state index is 10.3. The monoisotopic (exact) mass is 295 g/mol. The quantitative estimate of drug-likeness (QED) is 0.494. The zero-order chi connectivity index (χ0) is 15.1. The first-order valence-electron chi connectivity index (χ1n) is 7.58. The third-order valence-corrected chi connectivity index (χ3v) is 3.90. The van der Waals surface area contributed by atoms with Crippen LogP contribution in [0.25, 0.3) is 0 Å². The topological polar surface area (TPSA) is 57.6 Å². The zero-order valence-corrected chi connectivity index (χ0v) is 14.0. The van der Waals surface area contributed by atoms with E-state index >= 15 is 0 Å². The Morgan fingerprint density at radius 3 is 1.53 bits per heavy atom. The fraction of sp³-hybridized carbons (Fsp3) is 1.00. The molecule has 1 N–H and O–H groups in total. The van der Waals surface area contributed by atoms with Gasteiger partial charge in [0.2, 0.25) is 0 Å². The van der Waals surface area contributed by atoms with Gasteiger partial charge in [0, 0.05) is 0 Å². The van der Waals surface area contributed by atoms with Crippen LogP contribution in [0.1, 0.15) is 66.2 Å². The molecule has 0 heterocycles. The molecule has 0 bridgehead atoms. The van der Waals surface area contributed by atoms with Crippen LogP contribution in [0.4, 0.5) is 0 Å². The summed E-state index contributed by atoms with van der Waals surface area (Å²) in [5.74, 6) is -0.0842. The van der Waals surface area contributed by atoms with Crippen molar-refractivity contribution in [2.45, 2.75) is 66.2 Å². The van der Waals surface area contributed by atoms with Crippen molar-refractivity contribution in [1.29, 1.82) is 0 Å². The molecule has 0 aliphatic carbocycles. The first-order chi connectivity index (χ1) is 8.91. The maximum atomic E-state index is 10.3. The Balaban J connectivity index is 0. The van der Waals surface area contributed by atoms with Crippen molar-refractivity contribution in [2.24, 2.45) is 0 Å². The molecule has 4 nitrogen and oxygen atoms in total. The van der Waals surface area contributed by atoms with Gasteiger partial charge in [0.15, 0.2) is 0 Å². The molecule has 0 aliphatic heterocycles. The third kappa shape index (κ3) is 20.4. The molecule has 0 aromatic carbocycles. The molecule has 0 atom stereocenters. The Kier molecular flexibility index (Phi) is 15.9. The molecule has 0 spiro atoms. The number of unbranched alkanes of at least 4 members (excludes halogenated alkanes) is 5. The minimum absolute atomic E-state index is 0.0842. The van der Waals surface area contributed by atoms with E-state index in [1.807, 2.05) is 0 Å². The molecule has 0 radical (unpaired) electrons. The first-order valence-corrected chi connectivity index (χ1v) is 9.19. The van der Waals surface area contributed by atoms with Gasteiger partial charge in [-0.1, -0.05) is 59.8 Å². The third-order valence-electron chi connectivity index (χ3n) is 3.10. The van der Waals surface area contributed by atoms with Gasteiger partial charge in [-0.3, -0.25) is 4.55 Å². The summed E-state index contributed by atoms with van der Waals surface area (Å²) in [4.78, 5) is 2.38. The highest BCUT2D eigenvalue weighted by molar-refractivity contribution is 7.85. The average Bonchev–Trinajstić information content (AvgIpc) is 2.35. The lowest BCUT2D eigenvalue weighted by Crippen LogP contribution is -2.21. The smallest absolute Gasteiger partial charge is 0.264 e. The number of hydrogen-bond donors (Lipinski definition) is 1. The SMILES string of the molecule is CCCCCCCCS(=O)(=O)O.CCN(CC)CC. The highest BCUT2D eigenvalue weighted by Crippen LogP contribution is 2.05.